The van der Waals surface area contributed by atoms with Crippen LogP contribution in [-0.2, 0) is 14.8 Å². The van der Waals surface area contributed by atoms with Gasteiger partial charge in [-0.15, -0.1) is 13.2 Å². The molecule has 0 saturated heterocycles. The monoisotopic (exact) mass is 482 g/mol. The quantitative estimate of drug-likeness (QED) is 0.508. The Morgan fingerprint density at radius 3 is 2.34 bits per heavy atom. The number of sulfonamides is 1. The molecule has 0 aliphatic rings. The molecule has 2 rings (SSSR count). The Bertz CT molecular complexity index is 1030. The number of carbonyl (C=O) groups is 1. The third-order valence-electron chi connectivity index (χ3n) is 3.80. The van der Waals surface area contributed by atoms with Gasteiger partial charge in [-0.1, -0.05) is 0 Å². The maximum absolute atomic E-state index is 13.5. The molecule has 1 atom stereocenters. The topological polar surface area (TPSA) is 93.7 Å². The molecule has 13 heteroatoms. The van der Waals surface area contributed by atoms with Crippen molar-refractivity contribution in [2.24, 2.45) is 0 Å². The lowest BCUT2D eigenvalue weighted by Gasteiger charge is -2.15. The standard InChI is InChI=1S/C19H19F5N2O5S/c1-12(11-30-17-7-2-13(20)10-16(17)21)26-18(27)8-9-25-32(28,29)15-5-3-14(4-6-15)31-19(22,23)24/h2-7,10,12,25H,8-9,11H2,1H3,(H,26,27). The minimum Gasteiger partial charge on any atom is -0.488 e. The predicted molar refractivity (Wildman–Crippen MR) is 102 cm³/mol. The van der Waals surface area contributed by atoms with Crippen LogP contribution in [0.3, 0.4) is 0 Å². The summed E-state index contributed by atoms with van der Waals surface area (Å²) in [5.74, 6) is -2.95. The van der Waals surface area contributed by atoms with Crippen molar-refractivity contribution in [1.82, 2.24) is 10.0 Å². The van der Waals surface area contributed by atoms with Crippen molar-refractivity contribution in [2.75, 3.05) is 13.2 Å². The molecular weight excluding hydrogens is 463 g/mol. The van der Waals surface area contributed by atoms with Gasteiger partial charge in [-0.3, -0.25) is 4.79 Å². The zero-order chi connectivity index (χ0) is 23.9. The Hall–Kier alpha value is -2.93. The fraction of sp³-hybridized carbons (Fsp3) is 0.316. The van der Waals surface area contributed by atoms with Crippen LogP contribution in [0.5, 0.6) is 11.5 Å². The van der Waals surface area contributed by atoms with Crippen LogP contribution in [0.25, 0.3) is 0 Å². The molecule has 176 valence electrons. The van der Waals surface area contributed by atoms with Gasteiger partial charge in [0.1, 0.15) is 18.2 Å². The molecule has 0 aliphatic heterocycles. The van der Waals surface area contributed by atoms with E-state index in [1.807, 2.05) is 0 Å². The second kappa shape index (κ2) is 10.6. The molecule has 0 aliphatic carbocycles. The van der Waals surface area contributed by atoms with Crippen molar-refractivity contribution in [2.45, 2.75) is 30.6 Å². The molecule has 32 heavy (non-hydrogen) atoms. The SMILES string of the molecule is CC(COc1ccc(F)cc1F)NC(=O)CCNS(=O)(=O)c1ccc(OC(F)(F)F)cc1. The number of carbonyl (C=O) groups excluding carboxylic acids is 1. The molecule has 1 amide bonds. The Morgan fingerprint density at radius 2 is 1.75 bits per heavy atom. The number of halogens is 5. The molecule has 1 unspecified atom stereocenters. The van der Waals surface area contributed by atoms with Crippen LogP contribution in [-0.4, -0.2) is 39.9 Å². The fourth-order valence-corrected chi connectivity index (χ4v) is 3.43. The maximum atomic E-state index is 13.5. The lowest BCUT2D eigenvalue weighted by atomic mass is 10.3. The van der Waals surface area contributed by atoms with Crippen molar-refractivity contribution in [3.63, 3.8) is 0 Å². The summed E-state index contributed by atoms with van der Waals surface area (Å²) in [5.41, 5.74) is 0. The lowest BCUT2D eigenvalue weighted by Crippen LogP contribution is -2.38. The van der Waals surface area contributed by atoms with Gasteiger partial charge in [-0.2, -0.15) is 0 Å². The summed E-state index contributed by atoms with van der Waals surface area (Å²) in [7, 11) is -4.06. The number of benzene rings is 2. The number of hydrogen-bond donors (Lipinski definition) is 2. The second-order valence-electron chi connectivity index (χ2n) is 6.52. The van der Waals surface area contributed by atoms with Crippen molar-refractivity contribution in [3.8, 4) is 11.5 Å². The Balaban J connectivity index is 1.77. The fourth-order valence-electron chi connectivity index (χ4n) is 2.40. The first-order valence-corrected chi connectivity index (χ1v) is 10.6. The van der Waals surface area contributed by atoms with E-state index < -0.39 is 45.7 Å². The third-order valence-corrected chi connectivity index (χ3v) is 5.28. The van der Waals surface area contributed by atoms with Crippen LogP contribution in [0.1, 0.15) is 13.3 Å². The molecule has 2 aromatic carbocycles. The zero-order valence-corrected chi connectivity index (χ0v) is 17.4. The summed E-state index contributed by atoms with van der Waals surface area (Å²) in [5, 5.41) is 2.52. The molecule has 0 heterocycles. The van der Waals surface area contributed by atoms with Gasteiger partial charge < -0.3 is 14.8 Å². The van der Waals surface area contributed by atoms with E-state index in [0.29, 0.717) is 6.07 Å². The summed E-state index contributed by atoms with van der Waals surface area (Å²) in [6.07, 6.45) is -5.15. The highest BCUT2D eigenvalue weighted by Gasteiger charge is 2.31. The van der Waals surface area contributed by atoms with Gasteiger partial charge in [0.15, 0.2) is 11.6 Å². The van der Waals surface area contributed by atoms with Crippen molar-refractivity contribution >= 4 is 15.9 Å². The van der Waals surface area contributed by atoms with E-state index in [9.17, 15) is 35.2 Å². The molecule has 0 aromatic heterocycles. The predicted octanol–water partition coefficient (Wildman–Crippen LogP) is 3.12. The number of ether oxygens (including phenoxy) is 2. The lowest BCUT2D eigenvalue weighted by molar-refractivity contribution is -0.274. The smallest absolute Gasteiger partial charge is 0.488 e. The van der Waals surface area contributed by atoms with E-state index in [0.717, 1.165) is 36.4 Å². The Morgan fingerprint density at radius 1 is 1.09 bits per heavy atom. The molecular formula is C19H19F5N2O5S. The highest BCUT2D eigenvalue weighted by Crippen LogP contribution is 2.23. The number of nitrogens with one attached hydrogen (secondary N) is 2. The molecule has 0 fully saturated rings. The summed E-state index contributed by atoms with van der Waals surface area (Å²) in [4.78, 5) is 11.6. The molecule has 2 aromatic rings. The van der Waals surface area contributed by atoms with Crippen LogP contribution in [0.2, 0.25) is 0 Å². The van der Waals surface area contributed by atoms with E-state index in [1.54, 1.807) is 6.92 Å². The molecule has 0 radical (unpaired) electrons. The first-order chi connectivity index (χ1) is 14.9. The molecule has 0 bridgehead atoms. The average molecular weight is 482 g/mol. The van der Waals surface area contributed by atoms with Gasteiger partial charge in [0.2, 0.25) is 15.9 Å². The van der Waals surface area contributed by atoms with Gasteiger partial charge in [0.25, 0.3) is 0 Å². The van der Waals surface area contributed by atoms with Crippen LogP contribution < -0.4 is 19.5 Å². The third kappa shape index (κ3) is 8.30. The first-order valence-electron chi connectivity index (χ1n) is 9.08. The van der Waals surface area contributed by atoms with Gasteiger partial charge in [0.05, 0.1) is 10.9 Å². The van der Waals surface area contributed by atoms with Gasteiger partial charge in [-0.25, -0.2) is 21.9 Å². The molecule has 7 nitrogen and oxygen atoms in total. The van der Waals surface area contributed by atoms with Crippen LogP contribution >= 0.6 is 0 Å². The molecule has 0 saturated carbocycles. The van der Waals surface area contributed by atoms with Crippen LogP contribution in [0, 0.1) is 11.6 Å². The summed E-state index contributed by atoms with van der Waals surface area (Å²) in [6.45, 7) is 1.16. The van der Waals surface area contributed by atoms with Gasteiger partial charge in [0, 0.05) is 19.0 Å². The minimum absolute atomic E-state index is 0.119. The molecule has 0 spiro atoms. The normalized spacial score (nSPS) is 12.8. The summed E-state index contributed by atoms with van der Waals surface area (Å²) in [6, 6.07) is 5.77. The van der Waals surface area contributed by atoms with Gasteiger partial charge in [-0.05, 0) is 43.3 Å². The Kier molecular flexibility index (Phi) is 8.38. The zero-order valence-electron chi connectivity index (χ0n) is 16.6. The largest absolute Gasteiger partial charge is 0.573 e. The number of rotatable bonds is 10. The van der Waals surface area contributed by atoms with E-state index >= 15 is 0 Å². The van der Waals surface area contributed by atoms with E-state index in [-0.39, 0.29) is 30.2 Å². The van der Waals surface area contributed by atoms with Gasteiger partial charge >= 0.3 is 6.36 Å². The first kappa shape index (κ1) is 25.3. The van der Waals surface area contributed by atoms with Crippen LogP contribution in [0.4, 0.5) is 22.0 Å². The average Bonchev–Trinajstić information content (AvgIpc) is 2.66. The van der Waals surface area contributed by atoms with E-state index in [1.165, 1.54) is 0 Å². The summed E-state index contributed by atoms with van der Waals surface area (Å²) < 4.78 is 98.1. The van der Waals surface area contributed by atoms with Crippen molar-refractivity contribution in [1.29, 1.82) is 0 Å². The number of hydrogen-bond acceptors (Lipinski definition) is 5. The maximum Gasteiger partial charge on any atom is 0.573 e. The number of amides is 1. The molecule has 2 N–H and O–H groups in total. The Labute approximate surface area is 180 Å². The van der Waals surface area contributed by atoms with E-state index in [4.69, 9.17) is 4.74 Å². The van der Waals surface area contributed by atoms with E-state index in [2.05, 4.69) is 14.8 Å². The minimum atomic E-state index is -4.90. The second-order valence-corrected chi connectivity index (χ2v) is 8.29. The van der Waals surface area contributed by atoms with Crippen molar-refractivity contribution < 1.29 is 44.6 Å². The highest BCUT2D eigenvalue weighted by atomic mass is 32.2. The summed E-state index contributed by atoms with van der Waals surface area (Å²) >= 11 is 0. The highest BCUT2D eigenvalue weighted by molar-refractivity contribution is 7.89. The van der Waals surface area contributed by atoms with Crippen molar-refractivity contribution in [3.05, 3.63) is 54.1 Å². The number of alkyl halides is 3. The van der Waals surface area contributed by atoms with Crippen LogP contribution in [0.15, 0.2) is 47.4 Å².